The van der Waals surface area contributed by atoms with Gasteiger partial charge in [0.1, 0.15) is 11.0 Å². The number of halogens is 1. The Morgan fingerprint density at radius 1 is 0.926 bits per heavy atom. The molecule has 0 heterocycles. The van der Waals surface area contributed by atoms with Crippen LogP contribution in [0.4, 0.5) is 0 Å². The number of aliphatic carboxylic acids is 1. The van der Waals surface area contributed by atoms with Gasteiger partial charge in [-0.1, -0.05) is 39.0 Å². The van der Waals surface area contributed by atoms with Crippen molar-refractivity contribution in [3.05, 3.63) is 0 Å². The van der Waals surface area contributed by atoms with Crippen LogP contribution in [0.15, 0.2) is 0 Å². The van der Waals surface area contributed by atoms with Gasteiger partial charge in [-0.3, -0.25) is 14.4 Å². The molecule has 158 valence electrons. The Bertz CT molecular complexity index is 452. The minimum Gasteiger partial charge on any atom is -0.481 e. The summed E-state index contributed by atoms with van der Waals surface area (Å²) < 4.78 is 5.40. The van der Waals surface area contributed by atoms with E-state index in [9.17, 15) is 14.4 Å². The highest BCUT2D eigenvalue weighted by atomic mass is 35.5. The average Bonchev–Trinajstić information content (AvgIpc) is 2.57. The molecule has 0 amide bonds. The number of ether oxygens (including phenoxy) is 1. The Morgan fingerprint density at radius 2 is 1.52 bits per heavy atom. The second-order valence-electron chi connectivity index (χ2n) is 7.45. The van der Waals surface area contributed by atoms with E-state index in [0.717, 1.165) is 57.8 Å². The van der Waals surface area contributed by atoms with E-state index in [-0.39, 0.29) is 24.3 Å². The maximum absolute atomic E-state index is 12.0. The molecule has 5 nitrogen and oxygen atoms in total. The Kier molecular flexibility index (Phi) is 14.3. The molecule has 0 aliphatic heterocycles. The molecule has 0 fully saturated rings. The SMILES string of the molecule is CCCCCC(CCCC(Cl)(CCCCCCC(=O)O)C(C)=O)OC(C)=O. The Labute approximate surface area is 169 Å². The summed E-state index contributed by atoms with van der Waals surface area (Å²) in [6.45, 7) is 5.10. The van der Waals surface area contributed by atoms with Gasteiger partial charge in [-0.25, -0.2) is 0 Å². The van der Waals surface area contributed by atoms with Gasteiger partial charge in [0.05, 0.1) is 0 Å². The topological polar surface area (TPSA) is 80.7 Å². The van der Waals surface area contributed by atoms with Crippen molar-refractivity contribution in [1.29, 1.82) is 0 Å². The van der Waals surface area contributed by atoms with E-state index >= 15 is 0 Å². The number of carbonyl (C=O) groups is 3. The van der Waals surface area contributed by atoms with Crippen LogP contribution in [-0.2, 0) is 19.1 Å². The van der Waals surface area contributed by atoms with E-state index in [0.29, 0.717) is 19.3 Å². The second kappa shape index (κ2) is 14.9. The first-order valence-corrected chi connectivity index (χ1v) is 10.7. The largest absolute Gasteiger partial charge is 0.481 e. The molecule has 0 rings (SSSR count). The molecule has 6 heteroatoms. The van der Waals surface area contributed by atoms with Crippen molar-refractivity contribution in [1.82, 2.24) is 0 Å². The molecule has 27 heavy (non-hydrogen) atoms. The predicted molar refractivity (Wildman–Crippen MR) is 108 cm³/mol. The van der Waals surface area contributed by atoms with Crippen molar-refractivity contribution in [2.75, 3.05) is 0 Å². The van der Waals surface area contributed by atoms with Crippen molar-refractivity contribution >= 4 is 29.3 Å². The van der Waals surface area contributed by atoms with Gasteiger partial charge in [0.2, 0.25) is 0 Å². The minimum absolute atomic E-state index is 0.0234. The summed E-state index contributed by atoms with van der Waals surface area (Å²) in [5.41, 5.74) is 0. The number of alkyl halides is 1. The molecule has 0 aliphatic carbocycles. The maximum Gasteiger partial charge on any atom is 0.303 e. The van der Waals surface area contributed by atoms with Crippen molar-refractivity contribution in [2.45, 2.75) is 115 Å². The van der Waals surface area contributed by atoms with Crippen molar-refractivity contribution in [3.8, 4) is 0 Å². The lowest BCUT2D eigenvalue weighted by atomic mass is 9.90. The number of carboxylic acids is 1. The number of carboxylic acid groups (broad SMARTS) is 1. The third-order valence-corrected chi connectivity index (χ3v) is 5.55. The summed E-state index contributed by atoms with van der Waals surface area (Å²) >= 11 is 6.60. The fourth-order valence-corrected chi connectivity index (χ4v) is 3.51. The van der Waals surface area contributed by atoms with Crippen molar-refractivity contribution in [2.24, 2.45) is 0 Å². The minimum atomic E-state index is -0.864. The monoisotopic (exact) mass is 404 g/mol. The third-order valence-electron chi connectivity index (χ3n) is 4.91. The molecule has 0 radical (unpaired) electrons. The van der Waals surface area contributed by atoms with Crippen LogP contribution in [0.5, 0.6) is 0 Å². The van der Waals surface area contributed by atoms with E-state index in [4.69, 9.17) is 21.4 Å². The number of carbonyl (C=O) groups excluding carboxylic acids is 2. The molecule has 0 aromatic rings. The van der Waals surface area contributed by atoms with Gasteiger partial charge in [0.15, 0.2) is 5.78 Å². The number of rotatable bonds is 17. The number of ketones is 1. The molecule has 2 atom stereocenters. The number of unbranched alkanes of at least 4 members (excludes halogenated alkanes) is 5. The lowest BCUT2D eigenvalue weighted by Gasteiger charge is -2.25. The van der Waals surface area contributed by atoms with Gasteiger partial charge in [-0.15, -0.1) is 11.6 Å². The highest BCUT2D eigenvalue weighted by molar-refractivity contribution is 6.34. The molecule has 0 saturated heterocycles. The zero-order valence-corrected chi connectivity index (χ0v) is 18.0. The zero-order chi connectivity index (χ0) is 20.7. The summed E-state index contributed by atoms with van der Waals surface area (Å²) in [6, 6.07) is 0. The van der Waals surface area contributed by atoms with Crippen LogP contribution in [0, 0.1) is 0 Å². The van der Waals surface area contributed by atoms with E-state index in [1.807, 2.05) is 0 Å². The van der Waals surface area contributed by atoms with Crippen LogP contribution in [-0.4, -0.2) is 33.8 Å². The maximum atomic E-state index is 12.0. The Morgan fingerprint density at radius 3 is 2.07 bits per heavy atom. The van der Waals surface area contributed by atoms with Crippen molar-refractivity contribution in [3.63, 3.8) is 0 Å². The van der Waals surface area contributed by atoms with Gasteiger partial charge in [-0.2, -0.15) is 0 Å². The van der Waals surface area contributed by atoms with Crippen LogP contribution in [0.1, 0.15) is 104 Å². The number of hydrogen-bond acceptors (Lipinski definition) is 4. The molecule has 0 aromatic carbocycles. The highest BCUT2D eigenvalue weighted by Gasteiger charge is 2.32. The van der Waals surface area contributed by atoms with Gasteiger partial charge in [0.25, 0.3) is 0 Å². The molecule has 0 aromatic heterocycles. The second-order valence-corrected chi connectivity index (χ2v) is 8.17. The van der Waals surface area contributed by atoms with Crippen LogP contribution in [0.2, 0.25) is 0 Å². The van der Waals surface area contributed by atoms with Crippen LogP contribution < -0.4 is 0 Å². The summed E-state index contributed by atoms with van der Waals surface area (Å²) in [7, 11) is 0. The highest BCUT2D eigenvalue weighted by Crippen LogP contribution is 2.31. The fourth-order valence-electron chi connectivity index (χ4n) is 3.24. The van der Waals surface area contributed by atoms with Crippen molar-refractivity contribution < 1.29 is 24.2 Å². The Balaban J connectivity index is 4.33. The van der Waals surface area contributed by atoms with Gasteiger partial charge >= 0.3 is 11.9 Å². The van der Waals surface area contributed by atoms with E-state index in [1.165, 1.54) is 13.8 Å². The van der Waals surface area contributed by atoms with Crippen LogP contribution in [0.3, 0.4) is 0 Å². The first kappa shape index (κ1) is 25.9. The molecule has 2 unspecified atom stereocenters. The van der Waals surface area contributed by atoms with Gasteiger partial charge in [-0.05, 0) is 51.9 Å². The molecular weight excluding hydrogens is 368 g/mol. The predicted octanol–water partition coefficient (Wildman–Crippen LogP) is 5.66. The first-order chi connectivity index (χ1) is 12.7. The Hall–Kier alpha value is -1.10. The average molecular weight is 405 g/mol. The number of hydrogen-bond donors (Lipinski definition) is 1. The molecule has 0 saturated carbocycles. The smallest absolute Gasteiger partial charge is 0.303 e. The summed E-state index contributed by atoms with van der Waals surface area (Å²) in [6.07, 6.45) is 10.0. The molecular formula is C21H37ClO5. The third kappa shape index (κ3) is 13.7. The normalized spacial score (nSPS) is 14.4. The van der Waals surface area contributed by atoms with Crippen LogP contribution in [0.25, 0.3) is 0 Å². The number of Topliss-reactive ketones (excluding diaryl/α,β-unsaturated/α-hetero) is 1. The quantitative estimate of drug-likeness (QED) is 0.192. The van der Waals surface area contributed by atoms with E-state index < -0.39 is 10.8 Å². The summed E-state index contributed by atoms with van der Waals surface area (Å²) in [5, 5.41) is 8.64. The standard InChI is InChI=1S/C21H37ClO5/c1-4-5-8-12-19(27-18(3)24)13-11-16-21(22,17(2)23)15-10-7-6-9-14-20(25)26/h19H,4-16H2,1-3H3,(H,25,26). The summed E-state index contributed by atoms with van der Waals surface area (Å²) in [5.74, 6) is -1.06. The summed E-state index contributed by atoms with van der Waals surface area (Å²) in [4.78, 5) is 33.0. The lowest BCUT2D eigenvalue weighted by molar-refractivity contribution is -0.147. The van der Waals surface area contributed by atoms with Crippen LogP contribution >= 0.6 is 11.6 Å². The molecule has 0 aliphatic rings. The fraction of sp³-hybridized carbons (Fsp3) is 0.857. The van der Waals surface area contributed by atoms with E-state index in [2.05, 4.69) is 6.92 Å². The molecule has 0 bridgehead atoms. The number of esters is 1. The van der Waals surface area contributed by atoms with Gasteiger partial charge < -0.3 is 9.84 Å². The van der Waals surface area contributed by atoms with Gasteiger partial charge in [0, 0.05) is 13.3 Å². The van der Waals surface area contributed by atoms with E-state index in [1.54, 1.807) is 0 Å². The zero-order valence-electron chi connectivity index (χ0n) is 17.2. The first-order valence-electron chi connectivity index (χ1n) is 10.3. The molecule has 1 N–H and O–H groups in total. The lowest BCUT2D eigenvalue weighted by Crippen LogP contribution is -2.31. The molecule has 0 spiro atoms.